The molecule has 1 saturated heterocycles. The van der Waals surface area contributed by atoms with Crippen LogP contribution in [0.5, 0.6) is 0 Å². The molecule has 1 heterocycles. The van der Waals surface area contributed by atoms with Crippen LogP contribution in [0.4, 0.5) is 0 Å². The van der Waals surface area contributed by atoms with E-state index in [1.807, 2.05) is 13.8 Å². The van der Waals surface area contributed by atoms with Crippen LogP contribution in [0.2, 0.25) is 0 Å². The predicted octanol–water partition coefficient (Wildman–Crippen LogP) is -0.417. The van der Waals surface area contributed by atoms with Crippen molar-refractivity contribution in [3.05, 3.63) is 0 Å². The van der Waals surface area contributed by atoms with Gasteiger partial charge in [0.15, 0.2) is 0 Å². The van der Waals surface area contributed by atoms with E-state index in [-0.39, 0.29) is 18.1 Å². The summed E-state index contributed by atoms with van der Waals surface area (Å²) in [6.07, 6.45) is 0. The van der Waals surface area contributed by atoms with E-state index in [2.05, 4.69) is 0 Å². The molecule has 4 nitrogen and oxygen atoms in total. The highest BCUT2D eigenvalue weighted by Gasteiger charge is 2.28. The van der Waals surface area contributed by atoms with Crippen LogP contribution in [-0.4, -0.2) is 42.6 Å². The smallest absolute Gasteiger partial charge is 0.236 e. The van der Waals surface area contributed by atoms with Crippen molar-refractivity contribution in [2.45, 2.75) is 19.4 Å². The van der Waals surface area contributed by atoms with E-state index >= 15 is 0 Å². The first-order valence-electron chi connectivity index (χ1n) is 4.17. The zero-order valence-electron chi connectivity index (χ0n) is 7.67. The van der Waals surface area contributed by atoms with Gasteiger partial charge >= 0.3 is 0 Å². The molecule has 12 heavy (non-hydrogen) atoms. The summed E-state index contributed by atoms with van der Waals surface area (Å²) in [6, 6.07) is 0. The highest BCUT2D eigenvalue weighted by atomic mass is 16.5. The highest BCUT2D eigenvalue weighted by molar-refractivity contribution is 5.78. The van der Waals surface area contributed by atoms with Crippen LogP contribution >= 0.6 is 0 Å². The van der Waals surface area contributed by atoms with Crippen LogP contribution in [0, 0.1) is 0 Å². The maximum Gasteiger partial charge on any atom is 0.236 e. The first kappa shape index (κ1) is 9.48. The van der Waals surface area contributed by atoms with Gasteiger partial charge in [0.25, 0.3) is 0 Å². The molecule has 0 aromatic carbocycles. The minimum Gasteiger partial charge on any atom is -0.372 e. The van der Waals surface area contributed by atoms with Crippen LogP contribution in [0.25, 0.3) is 0 Å². The minimum atomic E-state index is -0.219. The molecule has 0 saturated carbocycles. The van der Waals surface area contributed by atoms with Crippen molar-refractivity contribution < 1.29 is 9.53 Å². The molecule has 0 radical (unpaired) electrons. The number of nitrogens with two attached hydrogens (primary N) is 1. The second kappa shape index (κ2) is 3.41. The fourth-order valence-corrected chi connectivity index (χ4v) is 1.36. The van der Waals surface area contributed by atoms with Gasteiger partial charge in [-0.25, -0.2) is 0 Å². The Kier molecular flexibility index (Phi) is 2.69. The highest BCUT2D eigenvalue weighted by Crippen LogP contribution is 2.15. The van der Waals surface area contributed by atoms with Crippen molar-refractivity contribution in [1.29, 1.82) is 0 Å². The molecule has 1 fully saturated rings. The first-order chi connectivity index (χ1) is 5.55. The Bertz CT molecular complexity index is 180. The van der Waals surface area contributed by atoms with Gasteiger partial charge in [-0.2, -0.15) is 0 Å². The maximum atomic E-state index is 11.2. The minimum absolute atomic E-state index is 0.00590. The van der Waals surface area contributed by atoms with Crippen molar-refractivity contribution in [2.75, 3.05) is 26.2 Å². The fraction of sp³-hybridized carbons (Fsp3) is 0.875. The Morgan fingerprint density at radius 2 is 2.33 bits per heavy atom. The van der Waals surface area contributed by atoms with Gasteiger partial charge in [0.2, 0.25) is 5.91 Å². The molecule has 2 N–H and O–H groups in total. The average molecular weight is 172 g/mol. The standard InChI is InChI=1S/C8H16N2O2/c1-8(2)6-10(3-4-12-8)7(11)5-9/h3-6,9H2,1-2H3. The van der Waals surface area contributed by atoms with E-state index < -0.39 is 0 Å². The van der Waals surface area contributed by atoms with Crippen LogP contribution in [0.1, 0.15) is 13.8 Å². The summed E-state index contributed by atoms with van der Waals surface area (Å²) in [5, 5.41) is 0. The van der Waals surface area contributed by atoms with Crippen molar-refractivity contribution in [2.24, 2.45) is 5.73 Å². The second-order valence-corrected chi connectivity index (χ2v) is 3.63. The third kappa shape index (κ3) is 2.19. The number of hydrogen-bond donors (Lipinski definition) is 1. The largest absolute Gasteiger partial charge is 0.372 e. The summed E-state index contributed by atoms with van der Waals surface area (Å²) < 4.78 is 5.46. The van der Waals surface area contributed by atoms with Crippen LogP contribution in [0.15, 0.2) is 0 Å². The number of amides is 1. The molecule has 0 bridgehead atoms. The summed E-state index contributed by atoms with van der Waals surface area (Å²) in [4.78, 5) is 13.0. The first-order valence-corrected chi connectivity index (χ1v) is 4.17. The van der Waals surface area contributed by atoms with Crippen molar-refractivity contribution >= 4 is 5.91 Å². The molecule has 1 aliphatic rings. The topological polar surface area (TPSA) is 55.6 Å². The zero-order chi connectivity index (χ0) is 9.19. The van der Waals surface area contributed by atoms with Gasteiger partial charge in [-0.15, -0.1) is 0 Å². The lowest BCUT2D eigenvalue weighted by atomic mass is 10.1. The van der Waals surface area contributed by atoms with Gasteiger partial charge in [-0.05, 0) is 13.8 Å². The van der Waals surface area contributed by atoms with E-state index in [0.29, 0.717) is 19.7 Å². The Morgan fingerprint density at radius 1 is 1.67 bits per heavy atom. The fourth-order valence-electron chi connectivity index (χ4n) is 1.36. The molecule has 0 spiro atoms. The lowest BCUT2D eigenvalue weighted by Gasteiger charge is -2.37. The summed E-state index contributed by atoms with van der Waals surface area (Å²) >= 11 is 0. The molecule has 1 rings (SSSR count). The molecule has 4 heteroatoms. The normalized spacial score (nSPS) is 22.4. The Morgan fingerprint density at radius 3 is 2.83 bits per heavy atom. The van der Waals surface area contributed by atoms with Gasteiger partial charge in [0, 0.05) is 13.1 Å². The summed E-state index contributed by atoms with van der Waals surface area (Å²) in [6.45, 7) is 5.96. The van der Waals surface area contributed by atoms with Crippen LogP contribution < -0.4 is 5.73 Å². The van der Waals surface area contributed by atoms with E-state index in [9.17, 15) is 4.79 Å². The number of hydrogen-bond acceptors (Lipinski definition) is 3. The third-order valence-electron chi connectivity index (χ3n) is 1.95. The number of carbonyl (C=O) groups is 1. The van der Waals surface area contributed by atoms with E-state index in [0.717, 1.165) is 0 Å². The Balaban J connectivity index is 2.52. The van der Waals surface area contributed by atoms with E-state index in [4.69, 9.17) is 10.5 Å². The predicted molar refractivity (Wildman–Crippen MR) is 45.7 cm³/mol. The number of rotatable bonds is 1. The second-order valence-electron chi connectivity index (χ2n) is 3.63. The van der Waals surface area contributed by atoms with Gasteiger partial charge < -0.3 is 15.4 Å². The molecule has 0 aromatic heterocycles. The van der Waals surface area contributed by atoms with Crippen LogP contribution in [0.3, 0.4) is 0 Å². The SMILES string of the molecule is CC1(C)CN(C(=O)CN)CCO1. The molecule has 1 amide bonds. The molecular formula is C8H16N2O2. The van der Waals surface area contributed by atoms with Crippen LogP contribution in [-0.2, 0) is 9.53 Å². The monoisotopic (exact) mass is 172 g/mol. The lowest BCUT2D eigenvalue weighted by Crippen LogP contribution is -2.52. The van der Waals surface area contributed by atoms with Crippen molar-refractivity contribution in [1.82, 2.24) is 4.90 Å². The number of nitrogens with zero attached hydrogens (tertiary/aromatic N) is 1. The summed E-state index contributed by atoms with van der Waals surface area (Å²) in [5.74, 6) is 0.00590. The molecule has 1 aliphatic heterocycles. The third-order valence-corrected chi connectivity index (χ3v) is 1.95. The van der Waals surface area contributed by atoms with Gasteiger partial charge in [0.05, 0.1) is 18.8 Å². The van der Waals surface area contributed by atoms with E-state index in [1.165, 1.54) is 0 Å². The summed E-state index contributed by atoms with van der Waals surface area (Å²) in [7, 11) is 0. The maximum absolute atomic E-state index is 11.2. The molecule has 0 aromatic rings. The average Bonchev–Trinajstić information content (AvgIpc) is 2.01. The Labute approximate surface area is 72.7 Å². The molecule has 0 unspecified atom stereocenters. The number of carbonyl (C=O) groups excluding carboxylic acids is 1. The summed E-state index contributed by atoms with van der Waals surface area (Å²) in [5.41, 5.74) is 5.04. The Hall–Kier alpha value is -0.610. The quantitative estimate of drug-likeness (QED) is 0.584. The van der Waals surface area contributed by atoms with Crippen molar-refractivity contribution in [3.63, 3.8) is 0 Å². The lowest BCUT2D eigenvalue weighted by molar-refractivity contribution is -0.144. The van der Waals surface area contributed by atoms with Gasteiger partial charge in [0.1, 0.15) is 0 Å². The van der Waals surface area contributed by atoms with Gasteiger partial charge in [-0.3, -0.25) is 4.79 Å². The molecule has 0 aliphatic carbocycles. The van der Waals surface area contributed by atoms with E-state index in [1.54, 1.807) is 4.90 Å². The van der Waals surface area contributed by atoms with Gasteiger partial charge in [-0.1, -0.05) is 0 Å². The molecule has 0 atom stereocenters. The molecular weight excluding hydrogens is 156 g/mol. The number of ether oxygens (including phenoxy) is 1. The zero-order valence-corrected chi connectivity index (χ0v) is 7.67. The molecule has 70 valence electrons. The number of morpholine rings is 1. The van der Waals surface area contributed by atoms with Crippen molar-refractivity contribution in [3.8, 4) is 0 Å².